The van der Waals surface area contributed by atoms with Crippen molar-refractivity contribution >= 4 is 5.97 Å². The number of benzene rings is 2. The van der Waals surface area contributed by atoms with Crippen LogP contribution in [0.3, 0.4) is 0 Å². The van der Waals surface area contributed by atoms with Crippen LogP contribution in [-0.2, 0) is 13.0 Å². The number of hydrogen-bond donors (Lipinski definition) is 1. The minimum atomic E-state index is -0.910. The van der Waals surface area contributed by atoms with E-state index in [1.165, 1.54) is 32.1 Å². The van der Waals surface area contributed by atoms with Crippen LogP contribution in [0, 0.1) is 0 Å². The van der Waals surface area contributed by atoms with E-state index in [9.17, 15) is 9.90 Å². The summed E-state index contributed by atoms with van der Waals surface area (Å²) in [4.78, 5) is 16.5. The van der Waals surface area contributed by atoms with Crippen LogP contribution in [0.25, 0.3) is 11.1 Å². The second kappa shape index (κ2) is 9.73. The first-order valence-corrected chi connectivity index (χ1v) is 11.1. The Bertz CT molecular complexity index is 1060. The van der Waals surface area contributed by atoms with Gasteiger partial charge in [-0.3, -0.25) is 0 Å². The Kier molecular flexibility index (Phi) is 6.60. The van der Waals surface area contributed by atoms with Crippen LogP contribution in [0.2, 0.25) is 0 Å². The molecule has 4 rings (SSSR count). The van der Waals surface area contributed by atoms with Crippen molar-refractivity contribution in [3.8, 4) is 11.1 Å². The van der Waals surface area contributed by atoms with Crippen LogP contribution >= 0.6 is 0 Å². The zero-order valence-electron chi connectivity index (χ0n) is 18.0. The van der Waals surface area contributed by atoms with E-state index in [-0.39, 0.29) is 0 Å². The van der Waals surface area contributed by atoms with Gasteiger partial charge in [-0.1, -0.05) is 73.9 Å². The van der Waals surface area contributed by atoms with Crippen LogP contribution in [-0.4, -0.2) is 25.8 Å². The van der Waals surface area contributed by atoms with Crippen LogP contribution in [0.15, 0.2) is 60.7 Å². The number of allylic oxidation sites excluding steroid dienone is 2. The van der Waals surface area contributed by atoms with Crippen molar-refractivity contribution in [1.29, 1.82) is 0 Å². The third-order valence-corrected chi connectivity index (χ3v) is 6.03. The Morgan fingerprint density at radius 2 is 1.84 bits per heavy atom. The monoisotopic (exact) mass is 415 g/mol. The summed E-state index contributed by atoms with van der Waals surface area (Å²) in [6.45, 7) is 2.75. The largest absolute Gasteiger partial charge is 0.478 e. The van der Waals surface area contributed by atoms with E-state index >= 15 is 0 Å². The molecule has 0 amide bonds. The molecule has 1 aromatic heterocycles. The van der Waals surface area contributed by atoms with Gasteiger partial charge in [-0.25, -0.2) is 14.5 Å². The lowest BCUT2D eigenvalue weighted by molar-refractivity contribution is 0.0697. The fourth-order valence-corrected chi connectivity index (χ4v) is 4.32. The van der Waals surface area contributed by atoms with E-state index in [0.717, 1.165) is 34.9 Å². The lowest BCUT2D eigenvalue weighted by atomic mass is 9.89. The number of nitrogens with zero attached hydrogens (tertiary/aromatic N) is 3. The third-order valence-electron chi connectivity index (χ3n) is 6.03. The molecule has 0 radical (unpaired) electrons. The fraction of sp³-hybridized carbons (Fsp3) is 0.346. The molecule has 1 N–H and O–H groups in total. The molecule has 0 saturated heterocycles. The van der Waals surface area contributed by atoms with E-state index in [2.05, 4.69) is 18.2 Å². The molecular formula is C26H29N3O2. The Hall–Kier alpha value is -3.21. The van der Waals surface area contributed by atoms with Gasteiger partial charge in [0, 0.05) is 12.3 Å². The number of carboxylic acids is 1. The van der Waals surface area contributed by atoms with E-state index < -0.39 is 5.97 Å². The quantitative estimate of drug-likeness (QED) is 0.491. The molecule has 160 valence electrons. The van der Waals surface area contributed by atoms with Gasteiger partial charge in [0.1, 0.15) is 5.82 Å². The van der Waals surface area contributed by atoms with Crippen molar-refractivity contribution in [1.82, 2.24) is 14.8 Å². The maximum absolute atomic E-state index is 11.5. The van der Waals surface area contributed by atoms with Crippen molar-refractivity contribution in [2.45, 2.75) is 57.9 Å². The molecule has 1 saturated carbocycles. The third kappa shape index (κ3) is 4.93. The minimum absolute atomic E-state index is 0.318. The zero-order valence-corrected chi connectivity index (χ0v) is 18.0. The Morgan fingerprint density at radius 1 is 1.10 bits per heavy atom. The van der Waals surface area contributed by atoms with Gasteiger partial charge in [-0.05, 0) is 42.5 Å². The number of hydrogen-bond acceptors (Lipinski definition) is 3. The highest BCUT2D eigenvalue weighted by atomic mass is 16.4. The SMILES string of the molecule is CC=CCn1nc(C2CCCCC2)nc1Cc1ccc(-c2ccccc2C(=O)O)cc1. The first kappa shape index (κ1) is 21.0. The summed E-state index contributed by atoms with van der Waals surface area (Å²) in [6.07, 6.45) is 11.1. The number of rotatable bonds is 7. The first-order valence-electron chi connectivity index (χ1n) is 11.1. The molecule has 1 aliphatic rings. The normalized spacial score (nSPS) is 14.9. The standard InChI is InChI=1S/C26H29N3O2/c1-2-3-17-29-24(27-25(28-29)21-9-5-4-6-10-21)18-19-13-15-20(16-14-19)22-11-7-8-12-23(22)26(30)31/h2-3,7-8,11-16,21H,4-6,9-10,17-18H2,1H3,(H,30,31). The second-order valence-electron chi connectivity index (χ2n) is 8.20. The average molecular weight is 416 g/mol. The lowest BCUT2D eigenvalue weighted by Crippen LogP contribution is -2.07. The number of carboxylic acid groups (broad SMARTS) is 1. The topological polar surface area (TPSA) is 68.0 Å². The van der Waals surface area contributed by atoms with Crippen LogP contribution < -0.4 is 0 Å². The van der Waals surface area contributed by atoms with Gasteiger partial charge in [0.05, 0.1) is 12.1 Å². The molecule has 2 aromatic carbocycles. The Morgan fingerprint density at radius 3 is 2.55 bits per heavy atom. The van der Waals surface area contributed by atoms with Crippen LogP contribution in [0.5, 0.6) is 0 Å². The van der Waals surface area contributed by atoms with E-state index in [4.69, 9.17) is 10.1 Å². The Labute approximate surface area is 183 Å². The number of carbonyl (C=O) groups is 1. The van der Waals surface area contributed by atoms with E-state index in [0.29, 0.717) is 17.9 Å². The summed E-state index contributed by atoms with van der Waals surface area (Å²) >= 11 is 0. The average Bonchev–Trinajstić information content (AvgIpc) is 3.21. The number of aromatic carboxylic acids is 1. The molecule has 1 heterocycles. The van der Waals surface area contributed by atoms with Crippen molar-refractivity contribution in [3.05, 3.63) is 83.5 Å². The van der Waals surface area contributed by atoms with Crippen LogP contribution in [0.1, 0.15) is 72.5 Å². The lowest BCUT2D eigenvalue weighted by Gasteiger charge is -2.18. The van der Waals surface area contributed by atoms with Gasteiger partial charge in [-0.2, -0.15) is 5.10 Å². The van der Waals surface area contributed by atoms with Crippen LogP contribution in [0.4, 0.5) is 0 Å². The van der Waals surface area contributed by atoms with Crippen molar-refractivity contribution in [2.24, 2.45) is 0 Å². The molecule has 0 spiro atoms. The molecule has 5 heteroatoms. The molecule has 1 aliphatic carbocycles. The summed E-state index contributed by atoms with van der Waals surface area (Å²) in [5.41, 5.74) is 3.09. The van der Waals surface area contributed by atoms with Gasteiger partial charge in [-0.15, -0.1) is 0 Å². The van der Waals surface area contributed by atoms with Crippen molar-refractivity contribution in [2.75, 3.05) is 0 Å². The highest BCUT2D eigenvalue weighted by Crippen LogP contribution is 2.31. The predicted molar refractivity (Wildman–Crippen MR) is 122 cm³/mol. The molecule has 31 heavy (non-hydrogen) atoms. The highest BCUT2D eigenvalue weighted by Gasteiger charge is 2.21. The van der Waals surface area contributed by atoms with Gasteiger partial charge >= 0.3 is 5.97 Å². The second-order valence-corrected chi connectivity index (χ2v) is 8.20. The van der Waals surface area contributed by atoms with Crippen molar-refractivity contribution in [3.63, 3.8) is 0 Å². The van der Waals surface area contributed by atoms with Gasteiger partial charge in [0.25, 0.3) is 0 Å². The van der Waals surface area contributed by atoms with Gasteiger partial charge in [0.2, 0.25) is 0 Å². The fourth-order valence-electron chi connectivity index (χ4n) is 4.32. The molecule has 0 unspecified atom stereocenters. The van der Waals surface area contributed by atoms with Gasteiger partial charge in [0.15, 0.2) is 5.82 Å². The molecule has 0 bridgehead atoms. The minimum Gasteiger partial charge on any atom is -0.478 e. The van der Waals surface area contributed by atoms with Gasteiger partial charge < -0.3 is 5.11 Å². The Balaban J connectivity index is 1.57. The smallest absolute Gasteiger partial charge is 0.336 e. The summed E-state index contributed by atoms with van der Waals surface area (Å²) in [5, 5.41) is 14.3. The predicted octanol–water partition coefficient (Wildman–Crippen LogP) is 5.86. The molecule has 0 atom stereocenters. The first-order chi connectivity index (χ1) is 15.2. The summed E-state index contributed by atoms with van der Waals surface area (Å²) in [7, 11) is 0. The molecular weight excluding hydrogens is 386 g/mol. The molecule has 5 nitrogen and oxygen atoms in total. The molecule has 1 fully saturated rings. The van der Waals surface area contributed by atoms with E-state index in [1.807, 2.05) is 41.9 Å². The summed E-state index contributed by atoms with van der Waals surface area (Å²) in [5.74, 6) is 1.55. The zero-order chi connectivity index (χ0) is 21.6. The maximum atomic E-state index is 11.5. The highest BCUT2D eigenvalue weighted by molar-refractivity contribution is 5.95. The summed E-state index contributed by atoms with van der Waals surface area (Å²) < 4.78 is 2.03. The summed E-state index contributed by atoms with van der Waals surface area (Å²) in [6, 6.07) is 15.2. The number of aromatic nitrogens is 3. The molecule has 0 aliphatic heterocycles. The van der Waals surface area contributed by atoms with E-state index in [1.54, 1.807) is 12.1 Å². The maximum Gasteiger partial charge on any atom is 0.336 e. The van der Waals surface area contributed by atoms with Crippen molar-refractivity contribution < 1.29 is 9.90 Å². The molecule has 3 aromatic rings.